The number of ketones is 1. The molecule has 5 heteroatoms. The van der Waals surface area contributed by atoms with Gasteiger partial charge in [0.25, 0.3) is 0 Å². The fourth-order valence-corrected chi connectivity index (χ4v) is 2.37. The van der Waals surface area contributed by atoms with Gasteiger partial charge in [-0.1, -0.05) is 0 Å². The van der Waals surface area contributed by atoms with Gasteiger partial charge in [-0.3, -0.25) is 4.79 Å². The van der Waals surface area contributed by atoms with Crippen LogP contribution in [-0.4, -0.2) is 32.1 Å². The number of carbonyl (C=O) groups is 2. The molecule has 1 aliphatic rings. The van der Waals surface area contributed by atoms with E-state index in [-0.39, 0.29) is 5.78 Å². The summed E-state index contributed by atoms with van der Waals surface area (Å²) in [5.74, 6) is 0.759. The number of rotatable bonds is 5. The van der Waals surface area contributed by atoms with Crippen LogP contribution in [0.5, 0.6) is 11.5 Å². The van der Waals surface area contributed by atoms with E-state index in [1.807, 2.05) is 0 Å². The van der Waals surface area contributed by atoms with Crippen molar-refractivity contribution in [1.82, 2.24) is 0 Å². The third kappa shape index (κ3) is 4.10. The Morgan fingerprint density at radius 1 is 1.23 bits per heavy atom. The SMILES string of the molecule is COc1ccc(/C=C/C(=O)O[C@H]2CCCCC2=O)c(OC)c1. The molecular formula is C17H20O5. The smallest absolute Gasteiger partial charge is 0.331 e. The van der Waals surface area contributed by atoms with Crippen molar-refractivity contribution >= 4 is 17.8 Å². The van der Waals surface area contributed by atoms with Gasteiger partial charge in [-0.2, -0.15) is 0 Å². The highest BCUT2D eigenvalue weighted by Gasteiger charge is 2.24. The molecule has 0 saturated heterocycles. The Hall–Kier alpha value is -2.30. The highest BCUT2D eigenvalue weighted by Crippen LogP contribution is 2.25. The second kappa shape index (κ2) is 7.64. The number of hydrogen-bond donors (Lipinski definition) is 0. The molecule has 1 aromatic carbocycles. The number of hydrogen-bond acceptors (Lipinski definition) is 5. The maximum Gasteiger partial charge on any atom is 0.331 e. The van der Waals surface area contributed by atoms with Crippen LogP contribution in [0.25, 0.3) is 6.08 Å². The molecule has 0 radical (unpaired) electrons. The Bertz CT molecular complexity index is 576. The summed E-state index contributed by atoms with van der Waals surface area (Å²) in [5.41, 5.74) is 0.732. The molecule has 1 atom stereocenters. The third-order valence-corrected chi connectivity index (χ3v) is 3.60. The topological polar surface area (TPSA) is 61.8 Å². The molecule has 0 heterocycles. The fourth-order valence-electron chi connectivity index (χ4n) is 2.37. The van der Waals surface area contributed by atoms with Gasteiger partial charge in [-0.15, -0.1) is 0 Å². The summed E-state index contributed by atoms with van der Waals surface area (Å²) in [6, 6.07) is 5.29. The fraction of sp³-hybridized carbons (Fsp3) is 0.412. The zero-order valence-electron chi connectivity index (χ0n) is 12.8. The normalized spacial score (nSPS) is 18.3. The summed E-state index contributed by atoms with van der Waals surface area (Å²) < 4.78 is 15.6. The van der Waals surface area contributed by atoms with Gasteiger partial charge in [0.1, 0.15) is 11.5 Å². The highest BCUT2D eigenvalue weighted by molar-refractivity contribution is 5.91. The predicted octanol–water partition coefficient (Wildman–Crippen LogP) is 2.77. The second-order valence-electron chi connectivity index (χ2n) is 5.08. The van der Waals surface area contributed by atoms with E-state index in [9.17, 15) is 9.59 Å². The van der Waals surface area contributed by atoms with Gasteiger partial charge >= 0.3 is 5.97 Å². The van der Waals surface area contributed by atoms with Crippen LogP contribution < -0.4 is 9.47 Å². The molecule has 5 nitrogen and oxygen atoms in total. The maximum atomic E-state index is 11.8. The summed E-state index contributed by atoms with van der Waals surface area (Å²) in [6.45, 7) is 0. The van der Waals surface area contributed by atoms with Gasteiger partial charge in [-0.05, 0) is 37.5 Å². The summed E-state index contributed by atoms with van der Waals surface area (Å²) in [6.07, 6.45) is 5.23. The van der Waals surface area contributed by atoms with Crippen molar-refractivity contribution in [1.29, 1.82) is 0 Å². The number of benzene rings is 1. The second-order valence-corrected chi connectivity index (χ2v) is 5.08. The minimum absolute atomic E-state index is 0.00929. The largest absolute Gasteiger partial charge is 0.497 e. The Labute approximate surface area is 129 Å². The first-order valence-electron chi connectivity index (χ1n) is 7.27. The van der Waals surface area contributed by atoms with Crippen LogP contribution in [0.2, 0.25) is 0 Å². The third-order valence-electron chi connectivity index (χ3n) is 3.60. The molecule has 1 aliphatic carbocycles. The Morgan fingerprint density at radius 3 is 2.73 bits per heavy atom. The Balaban J connectivity index is 2.01. The van der Waals surface area contributed by atoms with Crippen LogP contribution in [0.1, 0.15) is 31.2 Å². The van der Waals surface area contributed by atoms with E-state index in [1.165, 1.54) is 6.08 Å². The van der Waals surface area contributed by atoms with E-state index in [4.69, 9.17) is 14.2 Å². The highest BCUT2D eigenvalue weighted by atomic mass is 16.5. The molecule has 1 saturated carbocycles. The van der Waals surface area contributed by atoms with Crippen LogP contribution in [-0.2, 0) is 14.3 Å². The van der Waals surface area contributed by atoms with Gasteiger partial charge in [0.05, 0.1) is 14.2 Å². The summed E-state index contributed by atoms with van der Waals surface area (Å²) in [7, 11) is 3.12. The molecule has 0 unspecified atom stereocenters. The van der Waals surface area contributed by atoms with E-state index in [0.29, 0.717) is 24.3 Å². The molecule has 1 aromatic rings. The van der Waals surface area contributed by atoms with Gasteiger partial charge in [0, 0.05) is 24.1 Å². The maximum absolute atomic E-state index is 11.8. The van der Waals surface area contributed by atoms with Gasteiger partial charge in [0.2, 0.25) is 0 Å². The zero-order chi connectivity index (χ0) is 15.9. The van der Waals surface area contributed by atoms with Crippen molar-refractivity contribution in [2.75, 3.05) is 14.2 Å². The monoisotopic (exact) mass is 304 g/mol. The first-order valence-corrected chi connectivity index (χ1v) is 7.27. The van der Waals surface area contributed by atoms with Crippen LogP contribution >= 0.6 is 0 Å². The predicted molar refractivity (Wildman–Crippen MR) is 81.9 cm³/mol. The van der Waals surface area contributed by atoms with E-state index in [1.54, 1.807) is 38.5 Å². The number of esters is 1. The molecule has 0 bridgehead atoms. The summed E-state index contributed by atoms with van der Waals surface area (Å²) in [4.78, 5) is 23.5. The van der Waals surface area contributed by atoms with E-state index in [2.05, 4.69) is 0 Å². The molecule has 0 aliphatic heterocycles. The average Bonchev–Trinajstić information content (AvgIpc) is 2.55. The molecule has 2 rings (SSSR count). The number of ether oxygens (including phenoxy) is 3. The van der Waals surface area contributed by atoms with Crippen molar-refractivity contribution in [2.24, 2.45) is 0 Å². The quantitative estimate of drug-likeness (QED) is 0.618. The molecule has 22 heavy (non-hydrogen) atoms. The Morgan fingerprint density at radius 2 is 2.05 bits per heavy atom. The van der Waals surface area contributed by atoms with E-state index < -0.39 is 12.1 Å². The lowest BCUT2D eigenvalue weighted by Crippen LogP contribution is -2.29. The molecule has 0 spiro atoms. The van der Waals surface area contributed by atoms with Crippen LogP contribution in [0.15, 0.2) is 24.3 Å². The molecule has 0 N–H and O–H groups in total. The standard InChI is InChI=1S/C17H20O5/c1-20-13-9-7-12(16(11-13)21-2)8-10-17(19)22-15-6-4-3-5-14(15)18/h7-11,15H,3-6H2,1-2H3/b10-8+/t15-/m0/s1. The van der Waals surface area contributed by atoms with E-state index in [0.717, 1.165) is 18.4 Å². The van der Waals surface area contributed by atoms with Crippen molar-refractivity contribution < 1.29 is 23.8 Å². The van der Waals surface area contributed by atoms with Crippen LogP contribution in [0, 0.1) is 0 Å². The number of methoxy groups -OCH3 is 2. The number of Topliss-reactive ketones (excluding diaryl/α,β-unsaturated/α-hetero) is 1. The molecule has 0 aromatic heterocycles. The van der Waals surface area contributed by atoms with Crippen LogP contribution in [0.4, 0.5) is 0 Å². The van der Waals surface area contributed by atoms with Crippen molar-refractivity contribution in [2.45, 2.75) is 31.8 Å². The first-order chi connectivity index (χ1) is 10.6. The van der Waals surface area contributed by atoms with E-state index >= 15 is 0 Å². The molecule has 1 fully saturated rings. The van der Waals surface area contributed by atoms with Gasteiger partial charge in [-0.25, -0.2) is 4.79 Å². The van der Waals surface area contributed by atoms with Crippen LogP contribution in [0.3, 0.4) is 0 Å². The summed E-state index contributed by atoms with van der Waals surface area (Å²) >= 11 is 0. The number of carbonyl (C=O) groups excluding carboxylic acids is 2. The lowest BCUT2D eigenvalue weighted by atomic mass is 9.96. The summed E-state index contributed by atoms with van der Waals surface area (Å²) in [5, 5.41) is 0. The van der Waals surface area contributed by atoms with Crippen molar-refractivity contribution in [3.63, 3.8) is 0 Å². The average molecular weight is 304 g/mol. The lowest BCUT2D eigenvalue weighted by molar-refractivity contribution is -0.152. The first kappa shape index (κ1) is 16.1. The van der Waals surface area contributed by atoms with Crippen molar-refractivity contribution in [3.05, 3.63) is 29.8 Å². The lowest BCUT2D eigenvalue weighted by Gasteiger charge is -2.19. The van der Waals surface area contributed by atoms with Crippen molar-refractivity contribution in [3.8, 4) is 11.5 Å². The van der Waals surface area contributed by atoms with Gasteiger partial charge in [0.15, 0.2) is 11.9 Å². The molecule has 118 valence electrons. The minimum Gasteiger partial charge on any atom is -0.497 e. The minimum atomic E-state index is -0.594. The molecule has 0 amide bonds. The van der Waals surface area contributed by atoms with Gasteiger partial charge < -0.3 is 14.2 Å². The zero-order valence-corrected chi connectivity index (χ0v) is 12.8. The Kier molecular flexibility index (Phi) is 5.58. The molecular weight excluding hydrogens is 284 g/mol.